The number of methoxy groups -OCH3 is 1. The van der Waals surface area contributed by atoms with E-state index in [1.807, 2.05) is 32.0 Å². The fourth-order valence-electron chi connectivity index (χ4n) is 3.60. The summed E-state index contributed by atoms with van der Waals surface area (Å²) in [6.07, 6.45) is 2.25. The Morgan fingerprint density at radius 3 is 2.74 bits per heavy atom. The average Bonchev–Trinajstić information content (AvgIpc) is 2.98. The van der Waals surface area contributed by atoms with E-state index in [1.165, 1.54) is 7.11 Å². The second kappa shape index (κ2) is 8.06. The minimum absolute atomic E-state index is 0.0404. The number of likely N-dealkylation sites (tertiary alicyclic amines) is 1. The zero-order chi connectivity index (χ0) is 19.4. The fraction of sp³-hybridized carbons (Fsp3) is 0.600. The topological polar surface area (TPSA) is 77.1 Å². The Labute approximate surface area is 160 Å². The molecule has 27 heavy (non-hydrogen) atoms. The molecule has 148 valence electrons. The predicted octanol–water partition coefficient (Wildman–Crippen LogP) is 2.37. The number of para-hydroxylation sites is 1. The maximum Gasteiger partial charge on any atom is 0.409 e. The smallest absolute Gasteiger partial charge is 0.409 e. The molecule has 1 saturated heterocycles. The van der Waals surface area contributed by atoms with Gasteiger partial charge < -0.3 is 24.4 Å². The lowest BCUT2D eigenvalue weighted by Crippen LogP contribution is -2.42. The summed E-state index contributed by atoms with van der Waals surface area (Å²) in [6, 6.07) is 5.78. The molecule has 0 aliphatic carbocycles. The molecular weight excluding hydrogens is 348 g/mol. The summed E-state index contributed by atoms with van der Waals surface area (Å²) in [7, 11) is 1.39. The number of carbonyl (C=O) groups is 2. The summed E-state index contributed by atoms with van der Waals surface area (Å²) < 4.78 is 16.4. The van der Waals surface area contributed by atoms with E-state index in [4.69, 9.17) is 14.2 Å². The number of nitrogens with zero attached hydrogens (tertiary/aromatic N) is 1. The van der Waals surface area contributed by atoms with E-state index in [0.29, 0.717) is 31.3 Å². The van der Waals surface area contributed by atoms with Gasteiger partial charge >= 0.3 is 6.09 Å². The summed E-state index contributed by atoms with van der Waals surface area (Å²) >= 11 is 0. The third-order valence-corrected chi connectivity index (χ3v) is 5.05. The van der Waals surface area contributed by atoms with Gasteiger partial charge in [0, 0.05) is 31.6 Å². The highest BCUT2D eigenvalue weighted by Crippen LogP contribution is 2.41. The van der Waals surface area contributed by atoms with Crippen molar-refractivity contribution in [1.29, 1.82) is 0 Å². The molecule has 1 N–H and O–H groups in total. The molecule has 3 rings (SSSR count). The number of hydrogen-bond acceptors (Lipinski definition) is 5. The summed E-state index contributed by atoms with van der Waals surface area (Å²) in [5.74, 6) is 1.56. The van der Waals surface area contributed by atoms with Crippen LogP contribution in [0.1, 0.15) is 32.3 Å². The molecule has 7 nitrogen and oxygen atoms in total. The molecule has 2 heterocycles. The molecule has 0 unspecified atom stereocenters. The van der Waals surface area contributed by atoms with Crippen LogP contribution in [0.5, 0.6) is 11.5 Å². The highest BCUT2D eigenvalue weighted by Gasteiger charge is 2.32. The predicted molar refractivity (Wildman–Crippen MR) is 100 cm³/mol. The zero-order valence-electron chi connectivity index (χ0n) is 16.2. The molecule has 0 bridgehead atoms. The third-order valence-electron chi connectivity index (χ3n) is 5.05. The van der Waals surface area contributed by atoms with Gasteiger partial charge in [-0.1, -0.05) is 12.1 Å². The lowest BCUT2D eigenvalue weighted by atomic mass is 9.97. The number of hydrogen-bond donors (Lipinski definition) is 1. The number of amides is 2. The van der Waals surface area contributed by atoms with Gasteiger partial charge in [-0.25, -0.2) is 4.79 Å². The van der Waals surface area contributed by atoms with Crippen LogP contribution in [0, 0.1) is 5.92 Å². The number of piperidine rings is 1. The molecule has 2 amide bonds. The van der Waals surface area contributed by atoms with Crippen LogP contribution in [0.2, 0.25) is 0 Å². The van der Waals surface area contributed by atoms with Crippen LogP contribution in [0.15, 0.2) is 18.2 Å². The lowest BCUT2D eigenvalue weighted by Gasteiger charge is -2.30. The number of fused-ring (bicyclic) bond motifs is 1. The van der Waals surface area contributed by atoms with Crippen LogP contribution < -0.4 is 14.8 Å². The van der Waals surface area contributed by atoms with E-state index < -0.39 is 0 Å². The van der Waals surface area contributed by atoms with Gasteiger partial charge in [0.25, 0.3) is 5.91 Å². The van der Waals surface area contributed by atoms with Crippen LogP contribution in [-0.4, -0.2) is 55.9 Å². The van der Waals surface area contributed by atoms with Crippen LogP contribution >= 0.6 is 0 Å². The molecule has 2 aliphatic heterocycles. The molecular formula is C20H28N2O5. The van der Waals surface area contributed by atoms with Crippen molar-refractivity contribution in [3.05, 3.63) is 23.8 Å². The Morgan fingerprint density at radius 2 is 2.04 bits per heavy atom. The van der Waals surface area contributed by atoms with E-state index in [0.717, 1.165) is 30.6 Å². The molecule has 1 fully saturated rings. The molecule has 0 spiro atoms. The summed E-state index contributed by atoms with van der Waals surface area (Å²) in [5.41, 5.74) is 0.860. The van der Waals surface area contributed by atoms with E-state index >= 15 is 0 Å². The molecule has 0 radical (unpaired) electrons. The molecule has 0 atom stereocenters. The van der Waals surface area contributed by atoms with Crippen LogP contribution in [0.3, 0.4) is 0 Å². The van der Waals surface area contributed by atoms with Crippen molar-refractivity contribution in [2.24, 2.45) is 5.92 Å². The fourth-order valence-corrected chi connectivity index (χ4v) is 3.60. The van der Waals surface area contributed by atoms with E-state index in [2.05, 4.69) is 5.32 Å². The molecule has 0 aromatic heterocycles. The first-order chi connectivity index (χ1) is 12.9. The number of benzene rings is 1. The van der Waals surface area contributed by atoms with Gasteiger partial charge in [0.2, 0.25) is 0 Å². The van der Waals surface area contributed by atoms with Gasteiger partial charge in [0.05, 0.1) is 7.11 Å². The van der Waals surface area contributed by atoms with Gasteiger partial charge in [-0.15, -0.1) is 0 Å². The monoisotopic (exact) mass is 376 g/mol. The van der Waals surface area contributed by atoms with Crippen LogP contribution in [-0.2, 0) is 16.0 Å². The maximum absolute atomic E-state index is 12.1. The van der Waals surface area contributed by atoms with E-state index in [1.54, 1.807) is 4.90 Å². The Hall–Kier alpha value is -2.44. The number of rotatable bonds is 5. The largest absolute Gasteiger partial charge is 0.483 e. The van der Waals surface area contributed by atoms with Gasteiger partial charge in [0.1, 0.15) is 5.60 Å². The van der Waals surface area contributed by atoms with Crippen molar-refractivity contribution in [2.45, 2.75) is 38.7 Å². The molecule has 7 heteroatoms. The second-order valence-corrected chi connectivity index (χ2v) is 7.78. The SMILES string of the molecule is COC(=O)N1CCC(CNC(=O)COc2cccc3c2OC(C)(C)C3)CC1. The Kier molecular flexibility index (Phi) is 5.77. The Bertz CT molecular complexity index is 696. The second-order valence-electron chi connectivity index (χ2n) is 7.78. The minimum Gasteiger partial charge on any atom is -0.483 e. The van der Waals surface area contributed by atoms with E-state index in [9.17, 15) is 9.59 Å². The van der Waals surface area contributed by atoms with Crippen molar-refractivity contribution in [3.63, 3.8) is 0 Å². The van der Waals surface area contributed by atoms with Gasteiger partial charge in [0.15, 0.2) is 18.1 Å². The average molecular weight is 376 g/mol. The van der Waals surface area contributed by atoms with Crippen LogP contribution in [0.4, 0.5) is 4.79 Å². The summed E-state index contributed by atoms with van der Waals surface area (Å²) in [4.78, 5) is 25.3. The highest BCUT2D eigenvalue weighted by atomic mass is 16.5. The number of carbonyl (C=O) groups excluding carboxylic acids is 2. The molecule has 1 aromatic rings. The number of nitrogens with one attached hydrogen (secondary N) is 1. The third kappa shape index (κ3) is 4.84. The molecule has 2 aliphatic rings. The quantitative estimate of drug-likeness (QED) is 0.854. The molecule has 1 aromatic carbocycles. The zero-order valence-corrected chi connectivity index (χ0v) is 16.2. The van der Waals surface area contributed by atoms with Crippen molar-refractivity contribution in [3.8, 4) is 11.5 Å². The van der Waals surface area contributed by atoms with Gasteiger partial charge in [-0.05, 0) is 38.7 Å². The number of ether oxygens (including phenoxy) is 3. The summed E-state index contributed by atoms with van der Waals surface area (Å²) in [6.45, 7) is 5.94. The molecule has 0 saturated carbocycles. The maximum atomic E-state index is 12.1. The van der Waals surface area contributed by atoms with E-state index in [-0.39, 0.29) is 24.2 Å². The summed E-state index contributed by atoms with van der Waals surface area (Å²) in [5, 5.41) is 2.93. The Balaban J connectivity index is 1.42. The standard InChI is InChI=1S/C20H28N2O5/c1-20(2)11-15-5-4-6-16(18(15)27-20)26-13-17(23)21-12-14-7-9-22(10-8-14)19(24)25-3/h4-6,14H,7-13H2,1-3H3,(H,21,23). The first kappa shape index (κ1) is 19.3. The minimum atomic E-state index is -0.285. The van der Waals surface area contributed by atoms with Crippen molar-refractivity contribution < 1.29 is 23.8 Å². The van der Waals surface area contributed by atoms with Crippen molar-refractivity contribution in [1.82, 2.24) is 10.2 Å². The van der Waals surface area contributed by atoms with Gasteiger partial charge in [-0.2, -0.15) is 0 Å². The van der Waals surface area contributed by atoms with Crippen molar-refractivity contribution in [2.75, 3.05) is 33.4 Å². The first-order valence-electron chi connectivity index (χ1n) is 9.41. The normalized spacial score (nSPS) is 18.4. The first-order valence-corrected chi connectivity index (χ1v) is 9.41. The Morgan fingerprint density at radius 1 is 1.30 bits per heavy atom. The van der Waals surface area contributed by atoms with Gasteiger partial charge in [-0.3, -0.25) is 4.79 Å². The highest BCUT2D eigenvalue weighted by molar-refractivity contribution is 5.77. The van der Waals surface area contributed by atoms with Crippen LogP contribution in [0.25, 0.3) is 0 Å². The lowest BCUT2D eigenvalue weighted by molar-refractivity contribution is -0.123. The van der Waals surface area contributed by atoms with Crippen molar-refractivity contribution >= 4 is 12.0 Å².